The van der Waals surface area contributed by atoms with Crippen molar-refractivity contribution in [3.05, 3.63) is 18.2 Å². The molecular formula is C13H23ClN4O2. The Bertz CT molecular complexity index is 434. The van der Waals surface area contributed by atoms with Gasteiger partial charge in [0, 0.05) is 46.2 Å². The largest absolute Gasteiger partial charge is 0.372 e. The van der Waals surface area contributed by atoms with Crippen molar-refractivity contribution in [3.8, 4) is 0 Å². The molecule has 1 amide bonds. The Labute approximate surface area is 125 Å². The maximum absolute atomic E-state index is 12.5. The number of carbonyl (C=O) groups is 1. The normalized spacial score (nSPS) is 20.4. The van der Waals surface area contributed by atoms with Crippen LogP contribution in [0.15, 0.2) is 12.4 Å². The molecule has 6 nitrogen and oxygen atoms in total. The van der Waals surface area contributed by atoms with Crippen LogP contribution in [0, 0.1) is 0 Å². The van der Waals surface area contributed by atoms with Crippen molar-refractivity contribution in [3.63, 3.8) is 0 Å². The monoisotopic (exact) mass is 302 g/mol. The minimum Gasteiger partial charge on any atom is -0.372 e. The zero-order valence-corrected chi connectivity index (χ0v) is 13.0. The number of aromatic nitrogens is 2. The summed E-state index contributed by atoms with van der Waals surface area (Å²) in [6, 6.07) is -0.0227. The van der Waals surface area contributed by atoms with Crippen molar-refractivity contribution < 1.29 is 9.53 Å². The first kappa shape index (κ1) is 16.9. The molecule has 1 saturated heterocycles. The molecule has 1 N–H and O–H groups in total. The molecule has 2 atom stereocenters. The molecule has 0 aromatic carbocycles. The van der Waals surface area contributed by atoms with Gasteiger partial charge in [-0.25, -0.2) is 4.98 Å². The van der Waals surface area contributed by atoms with E-state index in [9.17, 15) is 4.79 Å². The second-order valence-electron chi connectivity index (χ2n) is 4.78. The molecule has 2 heterocycles. The van der Waals surface area contributed by atoms with Crippen molar-refractivity contribution in [1.82, 2.24) is 19.8 Å². The van der Waals surface area contributed by atoms with E-state index in [0.29, 0.717) is 13.0 Å². The molecule has 114 valence electrons. The topological polar surface area (TPSA) is 59.4 Å². The lowest BCUT2D eigenvalue weighted by atomic mass is 10.1. The van der Waals surface area contributed by atoms with Gasteiger partial charge < -0.3 is 19.5 Å². The van der Waals surface area contributed by atoms with Crippen molar-refractivity contribution in [2.75, 3.05) is 26.7 Å². The van der Waals surface area contributed by atoms with E-state index in [-0.39, 0.29) is 30.5 Å². The maximum atomic E-state index is 12.5. The van der Waals surface area contributed by atoms with Gasteiger partial charge in [0.1, 0.15) is 18.0 Å². The summed E-state index contributed by atoms with van der Waals surface area (Å²) in [4.78, 5) is 18.8. The van der Waals surface area contributed by atoms with Crippen molar-refractivity contribution in [2.45, 2.75) is 25.5 Å². The maximum Gasteiger partial charge on any atom is 0.252 e. The third-order valence-electron chi connectivity index (χ3n) is 3.61. The minimum atomic E-state index is -0.360. The van der Waals surface area contributed by atoms with Crippen LogP contribution in [0.5, 0.6) is 0 Å². The quantitative estimate of drug-likeness (QED) is 0.891. The van der Waals surface area contributed by atoms with E-state index in [1.807, 2.05) is 29.6 Å². The Balaban J connectivity index is 0.00000200. The van der Waals surface area contributed by atoms with Crippen LogP contribution in [0.1, 0.15) is 25.2 Å². The summed E-state index contributed by atoms with van der Waals surface area (Å²) in [5.74, 6) is 0.964. The first-order valence-corrected chi connectivity index (χ1v) is 6.70. The molecule has 0 aliphatic carbocycles. The molecule has 1 aromatic rings. The molecule has 0 spiro atoms. The molecule has 1 aliphatic heterocycles. The van der Waals surface area contributed by atoms with Crippen molar-refractivity contribution in [2.24, 2.45) is 7.05 Å². The van der Waals surface area contributed by atoms with Crippen LogP contribution in [0.4, 0.5) is 0 Å². The lowest BCUT2D eigenvalue weighted by Crippen LogP contribution is -2.52. The van der Waals surface area contributed by atoms with E-state index >= 15 is 0 Å². The molecule has 1 aliphatic rings. The second kappa shape index (κ2) is 7.61. The van der Waals surface area contributed by atoms with E-state index in [0.717, 1.165) is 18.9 Å². The predicted molar refractivity (Wildman–Crippen MR) is 78.9 cm³/mol. The highest BCUT2D eigenvalue weighted by molar-refractivity contribution is 5.85. The van der Waals surface area contributed by atoms with Crippen LogP contribution in [0.3, 0.4) is 0 Å². The smallest absolute Gasteiger partial charge is 0.252 e. The van der Waals surface area contributed by atoms with Crippen LogP contribution in [-0.2, 0) is 16.6 Å². The SMILES string of the molecule is CCC(OC)C(=O)N1CCNCC1c1nccn1C.Cl. The molecule has 20 heavy (non-hydrogen) atoms. The van der Waals surface area contributed by atoms with E-state index in [2.05, 4.69) is 10.3 Å². The number of methoxy groups -OCH3 is 1. The molecule has 7 heteroatoms. The summed E-state index contributed by atoms with van der Waals surface area (Å²) in [6.07, 6.45) is 3.99. The van der Waals surface area contributed by atoms with Gasteiger partial charge in [-0.15, -0.1) is 12.4 Å². The zero-order chi connectivity index (χ0) is 13.8. The van der Waals surface area contributed by atoms with Crippen LogP contribution < -0.4 is 5.32 Å². The fourth-order valence-electron chi connectivity index (χ4n) is 2.52. The number of amides is 1. The lowest BCUT2D eigenvalue weighted by Gasteiger charge is -2.37. The first-order chi connectivity index (χ1) is 9.19. The van der Waals surface area contributed by atoms with Crippen LogP contribution >= 0.6 is 12.4 Å². The first-order valence-electron chi connectivity index (χ1n) is 6.70. The standard InChI is InChI=1S/C13H22N4O2.ClH/c1-4-11(19-3)13(18)17-8-5-14-9-10(17)12-15-6-7-16(12)2;/h6-7,10-11,14H,4-5,8-9H2,1-3H3;1H. The third-order valence-corrected chi connectivity index (χ3v) is 3.61. The van der Waals surface area contributed by atoms with Gasteiger partial charge in [-0.1, -0.05) is 6.92 Å². The van der Waals surface area contributed by atoms with Gasteiger partial charge in [0.2, 0.25) is 0 Å². The summed E-state index contributed by atoms with van der Waals surface area (Å²) in [5, 5.41) is 3.32. The molecule has 1 aromatic heterocycles. The van der Waals surface area contributed by atoms with Crippen LogP contribution in [0.2, 0.25) is 0 Å². The van der Waals surface area contributed by atoms with Gasteiger partial charge >= 0.3 is 0 Å². The lowest BCUT2D eigenvalue weighted by molar-refractivity contribution is -0.145. The Morgan fingerprint density at radius 2 is 2.40 bits per heavy atom. The number of piperazine rings is 1. The summed E-state index contributed by atoms with van der Waals surface area (Å²) >= 11 is 0. The van der Waals surface area contributed by atoms with E-state index in [1.54, 1.807) is 13.3 Å². The molecule has 2 unspecified atom stereocenters. The predicted octanol–water partition coefficient (Wildman–Crippen LogP) is 0.740. The molecule has 2 rings (SSSR count). The Morgan fingerprint density at radius 3 is 2.95 bits per heavy atom. The zero-order valence-electron chi connectivity index (χ0n) is 12.2. The van der Waals surface area contributed by atoms with Gasteiger partial charge in [-0.05, 0) is 6.42 Å². The van der Waals surface area contributed by atoms with Crippen LogP contribution in [-0.4, -0.2) is 53.2 Å². The number of aryl methyl sites for hydroxylation is 1. The van der Waals surface area contributed by atoms with E-state index in [1.165, 1.54) is 0 Å². The molecule has 0 radical (unpaired) electrons. The number of imidazole rings is 1. The van der Waals surface area contributed by atoms with Gasteiger partial charge in [0.05, 0.1) is 0 Å². The fourth-order valence-corrected chi connectivity index (χ4v) is 2.52. The summed E-state index contributed by atoms with van der Waals surface area (Å²) in [5.41, 5.74) is 0. The number of ether oxygens (including phenoxy) is 1. The minimum absolute atomic E-state index is 0. The third kappa shape index (κ3) is 3.31. The van der Waals surface area contributed by atoms with Gasteiger partial charge in [0.15, 0.2) is 0 Å². The number of nitrogens with zero attached hydrogens (tertiary/aromatic N) is 3. The highest BCUT2D eigenvalue weighted by Crippen LogP contribution is 2.22. The summed E-state index contributed by atoms with van der Waals surface area (Å²) in [7, 11) is 3.54. The van der Waals surface area contributed by atoms with Crippen molar-refractivity contribution >= 4 is 18.3 Å². The average Bonchev–Trinajstić information content (AvgIpc) is 2.86. The van der Waals surface area contributed by atoms with Gasteiger partial charge in [-0.3, -0.25) is 4.79 Å². The number of halogens is 1. The van der Waals surface area contributed by atoms with Crippen molar-refractivity contribution in [1.29, 1.82) is 0 Å². The number of hydrogen-bond acceptors (Lipinski definition) is 4. The number of carbonyl (C=O) groups excluding carboxylic acids is 1. The fraction of sp³-hybridized carbons (Fsp3) is 0.692. The summed E-state index contributed by atoms with van der Waals surface area (Å²) < 4.78 is 7.24. The Hall–Kier alpha value is -1.11. The van der Waals surface area contributed by atoms with E-state index < -0.39 is 0 Å². The van der Waals surface area contributed by atoms with E-state index in [4.69, 9.17) is 4.74 Å². The highest BCUT2D eigenvalue weighted by atomic mass is 35.5. The van der Waals surface area contributed by atoms with Gasteiger partial charge in [-0.2, -0.15) is 0 Å². The van der Waals surface area contributed by atoms with Crippen LogP contribution in [0.25, 0.3) is 0 Å². The average molecular weight is 303 g/mol. The molecule has 0 saturated carbocycles. The summed E-state index contributed by atoms with van der Waals surface area (Å²) in [6.45, 7) is 4.20. The number of rotatable bonds is 4. The Morgan fingerprint density at radius 1 is 1.65 bits per heavy atom. The number of hydrogen-bond donors (Lipinski definition) is 1. The second-order valence-corrected chi connectivity index (χ2v) is 4.78. The molecular weight excluding hydrogens is 280 g/mol. The molecule has 1 fully saturated rings. The molecule has 0 bridgehead atoms. The number of nitrogens with one attached hydrogen (secondary N) is 1. The Kier molecular flexibility index (Phi) is 6.45. The van der Waals surface area contributed by atoms with Gasteiger partial charge in [0.25, 0.3) is 5.91 Å². The highest BCUT2D eigenvalue weighted by Gasteiger charge is 2.33.